The molecule has 0 saturated carbocycles. The first kappa shape index (κ1) is 10.7. The molecular weight excluding hydrogens is 198 g/mol. The third kappa shape index (κ3) is 2.23. The topological polar surface area (TPSA) is 46.2 Å². The van der Waals surface area contributed by atoms with Gasteiger partial charge in [0.05, 0.1) is 0 Å². The normalized spacial score (nSPS) is 10.3. The van der Waals surface area contributed by atoms with Crippen LogP contribution in [0.25, 0.3) is 11.1 Å². The Morgan fingerprint density at radius 2 is 1.75 bits per heavy atom. The van der Waals surface area contributed by atoms with Gasteiger partial charge in [0.25, 0.3) is 0 Å². The SMILES string of the molecule is NCCc1ccc(O)c(-c2ccccc2)c1. The molecule has 0 atom stereocenters. The van der Waals surface area contributed by atoms with E-state index < -0.39 is 0 Å². The van der Waals surface area contributed by atoms with Crippen LogP contribution in [0.3, 0.4) is 0 Å². The molecule has 3 N–H and O–H groups in total. The number of phenols is 1. The van der Waals surface area contributed by atoms with Gasteiger partial charge < -0.3 is 10.8 Å². The summed E-state index contributed by atoms with van der Waals surface area (Å²) in [6.45, 7) is 0.624. The molecule has 0 aliphatic heterocycles. The first-order valence-corrected chi connectivity index (χ1v) is 5.38. The Hall–Kier alpha value is -1.80. The van der Waals surface area contributed by atoms with Crippen LogP contribution < -0.4 is 5.73 Å². The largest absolute Gasteiger partial charge is 0.507 e. The summed E-state index contributed by atoms with van der Waals surface area (Å²) in [6, 6.07) is 15.5. The molecule has 0 spiro atoms. The van der Waals surface area contributed by atoms with Crippen LogP contribution in [0.5, 0.6) is 5.75 Å². The molecule has 82 valence electrons. The lowest BCUT2D eigenvalue weighted by Crippen LogP contribution is -2.02. The fourth-order valence-corrected chi connectivity index (χ4v) is 1.75. The molecule has 0 bridgehead atoms. The number of rotatable bonds is 3. The Morgan fingerprint density at radius 3 is 2.44 bits per heavy atom. The average molecular weight is 213 g/mol. The van der Waals surface area contributed by atoms with Crippen molar-refractivity contribution in [1.82, 2.24) is 0 Å². The van der Waals surface area contributed by atoms with Crippen molar-refractivity contribution in [3.8, 4) is 16.9 Å². The van der Waals surface area contributed by atoms with Crippen molar-refractivity contribution in [3.63, 3.8) is 0 Å². The second kappa shape index (κ2) is 4.81. The standard InChI is InChI=1S/C14H15NO/c15-9-8-11-6-7-14(16)13(10-11)12-4-2-1-3-5-12/h1-7,10,16H,8-9,15H2. The zero-order valence-electron chi connectivity index (χ0n) is 9.06. The van der Waals surface area contributed by atoms with Crippen LogP contribution in [0, 0.1) is 0 Å². The van der Waals surface area contributed by atoms with Gasteiger partial charge in [-0.05, 0) is 36.2 Å². The number of benzene rings is 2. The summed E-state index contributed by atoms with van der Waals surface area (Å²) in [5, 5.41) is 9.83. The summed E-state index contributed by atoms with van der Waals surface area (Å²) < 4.78 is 0. The highest BCUT2D eigenvalue weighted by Gasteiger charge is 2.04. The average Bonchev–Trinajstić information content (AvgIpc) is 2.33. The van der Waals surface area contributed by atoms with E-state index in [-0.39, 0.29) is 0 Å². The van der Waals surface area contributed by atoms with Crippen LogP contribution in [-0.4, -0.2) is 11.7 Å². The lowest BCUT2D eigenvalue weighted by Gasteiger charge is -2.07. The van der Waals surface area contributed by atoms with Gasteiger partial charge in [0.1, 0.15) is 5.75 Å². The van der Waals surface area contributed by atoms with E-state index >= 15 is 0 Å². The summed E-state index contributed by atoms with van der Waals surface area (Å²) in [4.78, 5) is 0. The highest BCUT2D eigenvalue weighted by molar-refractivity contribution is 5.70. The van der Waals surface area contributed by atoms with E-state index in [1.165, 1.54) is 0 Å². The number of aromatic hydroxyl groups is 1. The summed E-state index contributed by atoms with van der Waals surface area (Å²) in [5.74, 6) is 0.312. The molecule has 16 heavy (non-hydrogen) atoms. The molecule has 2 rings (SSSR count). The number of nitrogens with two attached hydrogens (primary N) is 1. The minimum Gasteiger partial charge on any atom is -0.507 e. The Bertz CT molecular complexity index is 465. The quantitative estimate of drug-likeness (QED) is 0.823. The lowest BCUT2D eigenvalue weighted by atomic mass is 10.0. The molecule has 0 saturated heterocycles. The van der Waals surface area contributed by atoms with E-state index in [0.29, 0.717) is 12.3 Å². The van der Waals surface area contributed by atoms with Crippen LogP contribution >= 0.6 is 0 Å². The molecule has 0 aliphatic rings. The molecule has 2 aromatic rings. The van der Waals surface area contributed by atoms with Crippen molar-refractivity contribution in [2.75, 3.05) is 6.54 Å². The van der Waals surface area contributed by atoms with Crippen molar-refractivity contribution >= 4 is 0 Å². The van der Waals surface area contributed by atoms with Crippen molar-refractivity contribution in [1.29, 1.82) is 0 Å². The number of hydrogen-bond donors (Lipinski definition) is 2. The van der Waals surface area contributed by atoms with Gasteiger partial charge in [0.2, 0.25) is 0 Å². The second-order valence-corrected chi connectivity index (χ2v) is 3.76. The lowest BCUT2D eigenvalue weighted by molar-refractivity contribution is 0.477. The minimum absolute atomic E-state index is 0.312. The van der Waals surface area contributed by atoms with E-state index in [9.17, 15) is 5.11 Å². The summed E-state index contributed by atoms with van der Waals surface area (Å²) in [7, 11) is 0. The van der Waals surface area contributed by atoms with Gasteiger partial charge in [-0.15, -0.1) is 0 Å². The van der Waals surface area contributed by atoms with E-state index in [4.69, 9.17) is 5.73 Å². The molecule has 0 heterocycles. The molecule has 0 fully saturated rings. The van der Waals surface area contributed by atoms with Crippen molar-refractivity contribution in [2.24, 2.45) is 5.73 Å². The van der Waals surface area contributed by atoms with Crippen LogP contribution in [-0.2, 0) is 6.42 Å². The predicted molar refractivity (Wildman–Crippen MR) is 66.3 cm³/mol. The summed E-state index contributed by atoms with van der Waals surface area (Å²) >= 11 is 0. The fourth-order valence-electron chi connectivity index (χ4n) is 1.75. The fraction of sp³-hybridized carbons (Fsp3) is 0.143. The first-order valence-electron chi connectivity index (χ1n) is 5.38. The molecule has 2 heteroatoms. The molecule has 0 aromatic heterocycles. The van der Waals surface area contributed by atoms with Crippen LogP contribution in [0.1, 0.15) is 5.56 Å². The molecule has 0 radical (unpaired) electrons. The van der Waals surface area contributed by atoms with Gasteiger partial charge >= 0.3 is 0 Å². The third-order valence-corrected chi connectivity index (χ3v) is 2.58. The van der Waals surface area contributed by atoms with Crippen molar-refractivity contribution < 1.29 is 5.11 Å². The maximum absolute atomic E-state index is 9.83. The van der Waals surface area contributed by atoms with Crippen LogP contribution in [0.4, 0.5) is 0 Å². The van der Waals surface area contributed by atoms with Crippen LogP contribution in [0.2, 0.25) is 0 Å². The molecular formula is C14H15NO. The molecule has 0 amide bonds. The van der Waals surface area contributed by atoms with Gasteiger partial charge in [-0.25, -0.2) is 0 Å². The van der Waals surface area contributed by atoms with E-state index in [0.717, 1.165) is 23.1 Å². The van der Waals surface area contributed by atoms with Gasteiger partial charge in [0, 0.05) is 5.56 Å². The zero-order chi connectivity index (χ0) is 11.4. The molecule has 0 unspecified atom stereocenters. The highest BCUT2D eigenvalue weighted by Crippen LogP contribution is 2.29. The van der Waals surface area contributed by atoms with E-state index in [2.05, 4.69) is 0 Å². The second-order valence-electron chi connectivity index (χ2n) is 3.76. The van der Waals surface area contributed by atoms with E-state index in [1.54, 1.807) is 6.07 Å². The Balaban J connectivity index is 2.43. The van der Waals surface area contributed by atoms with Crippen molar-refractivity contribution in [2.45, 2.75) is 6.42 Å². The smallest absolute Gasteiger partial charge is 0.123 e. The maximum Gasteiger partial charge on any atom is 0.123 e. The minimum atomic E-state index is 0.312. The predicted octanol–water partition coefficient (Wildman–Crippen LogP) is 2.56. The van der Waals surface area contributed by atoms with E-state index in [1.807, 2.05) is 42.5 Å². The van der Waals surface area contributed by atoms with Gasteiger partial charge in [-0.3, -0.25) is 0 Å². The first-order chi connectivity index (χ1) is 7.81. The maximum atomic E-state index is 9.83. The molecule has 2 aromatic carbocycles. The summed E-state index contributed by atoms with van der Waals surface area (Å²) in [5.41, 5.74) is 8.57. The van der Waals surface area contributed by atoms with Crippen LogP contribution in [0.15, 0.2) is 48.5 Å². The number of hydrogen-bond acceptors (Lipinski definition) is 2. The zero-order valence-corrected chi connectivity index (χ0v) is 9.06. The van der Waals surface area contributed by atoms with Gasteiger partial charge in [-0.2, -0.15) is 0 Å². The highest BCUT2D eigenvalue weighted by atomic mass is 16.3. The number of phenolic OH excluding ortho intramolecular Hbond substituents is 1. The Kier molecular flexibility index (Phi) is 3.22. The van der Waals surface area contributed by atoms with Gasteiger partial charge in [-0.1, -0.05) is 36.4 Å². The summed E-state index contributed by atoms with van der Waals surface area (Å²) in [6.07, 6.45) is 0.833. The molecule has 0 aliphatic carbocycles. The van der Waals surface area contributed by atoms with Gasteiger partial charge in [0.15, 0.2) is 0 Å². The third-order valence-electron chi connectivity index (χ3n) is 2.58. The Labute approximate surface area is 95.4 Å². The Morgan fingerprint density at radius 1 is 1.00 bits per heavy atom. The molecule has 2 nitrogen and oxygen atoms in total. The van der Waals surface area contributed by atoms with Crippen molar-refractivity contribution in [3.05, 3.63) is 54.1 Å². The monoisotopic (exact) mass is 213 g/mol.